The van der Waals surface area contributed by atoms with E-state index in [0.717, 1.165) is 27.3 Å². The van der Waals surface area contributed by atoms with Gasteiger partial charge in [0.2, 0.25) is 5.91 Å². The van der Waals surface area contributed by atoms with Crippen molar-refractivity contribution in [2.75, 3.05) is 10.6 Å². The van der Waals surface area contributed by atoms with E-state index >= 15 is 0 Å². The van der Waals surface area contributed by atoms with E-state index in [-0.39, 0.29) is 11.6 Å². The van der Waals surface area contributed by atoms with Crippen molar-refractivity contribution in [1.82, 2.24) is 10.3 Å². The molecule has 0 saturated heterocycles. The van der Waals surface area contributed by atoms with Gasteiger partial charge in [-0.15, -0.1) is 23.1 Å². The van der Waals surface area contributed by atoms with Gasteiger partial charge in [0.1, 0.15) is 5.70 Å². The van der Waals surface area contributed by atoms with Crippen LogP contribution in [-0.4, -0.2) is 28.0 Å². The summed E-state index contributed by atoms with van der Waals surface area (Å²) in [5, 5.41) is 11.3. The van der Waals surface area contributed by atoms with Gasteiger partial charge in [-0.25, -0.2) is 4.98 Å². The molecule has 7 nitrogen and oxygen atoms in total. The summed E-state index contributed by atoms with van der Waals surface area (Å²) >= 11 is 8.75. The molecule has 46 heavy (non-hydrogen) atoms. The SMILES string of the molecule is CCC(Sc1cccc(NC(=O)/C(=C/c2ccc(C)cc2)NC(=O)c2ccccc2)c1)C(=O)Nc1nc(-c2ccc(Cl)cc2)cs1. The van der Waals surface area contributed by atoms with Crippen LogP contribution in [0, 0.1) is 6.92 Å². The monoisotopic (exact) mass is 666 g/mol. The first-order valence-electron chi connectivity index (χ1n) is 14.5. The van der Waals surface area contributed by atoms with E-state index in [9.17, 15) is 14.4 Å². The van der Waals surface area contributed by atoms with E-state index in [1.165, 1.54) is 23.1 Å². The van der Waals surface area contributed by atoms with E-state index in [2.05, 4.69) is 20.9 Å². The largest absolute Gasteiger partial charge is 0.321 e. The number of hydrogen-bond acceptors (Lipinski definition) is 6. The van der Waals surface area contributed by atoms with Crippen LogP contribution in [0.2, 0.25) is 5.02 Å². The molecule has 1 atom stereocenters. The summed E-state index contributed by atoms with van der Waals surface area (Å²) in [6.45, 7) is 3.93. The lowest BCUT2D eigenvalue weighted by molar-refractivity contribution is -0.116. The molecule has 0 aliphatic carbocycles. The maximum absolute atomic E-state index is 13.5. The van der Waals surface area contributed by atoms with Gasteiger partial charge in [-0.05, 0) is 67.4 Å². The Morgan fingerprint density at radius 3 is 2.37 bits per heavy atom. The Morgan fingerprint density at radius 2 is 1.65 bits per heavy atom. The van der Waals surface area contributed by atoms with Crippen LogP contribution in [0.3, 0.4) is 0 Å². The Morgan fingerprint density at radius 1 is 0.913 bits per heavy atom. The number of anilines is 2. The summed E-state index contributed by atoms with van der Waals surface area (Å²) in [6, 6.07) is 31.0. The highest BCUT2D eigenvalue weighted by Gasteiger charge is 2.20. The summed E-state index contributed by atoms with van der Waals surface area (Å²) in [5.41, 5.74) is 4.59. The second-order valence-electron chi connectivity index (χ2n) is 10.3. The molecule has 0 aliphatic rings. The zero-order chi connectivity index (χ0) is 32.5. The topological polar surface area (TPSA) is 100 Å². The number of nitrogens with one attached hydrogen (secondary N) is 3. The molecule has 1 aromatic heterocycles. The molecule has 4 aromatic carbocycles. The van der Waals surface area contributed by atoms with Crippen LogP contribution in [0.4, 0.5) is 10.8 Å². The molecule has 232 valence electrons. The number of hydrogen-bond donors (Lipinski definition) is 3. The van der Waals surface area contributed by atoms with Gasteiger partial charge in [0, 0.05) is 32.1 Å². The Kier molecular flexibility index (Phi) is 11.0. The van der Waals surface area contributed by atoms with Gasteiger partial charge in [-0.3, -0.25) is 14.4 Å². The van der Waals surface area contributed by atoms with Gasteiger partial charge in [0.05, 0.1) is 10.9 Å². The number of carbonyl (C=O) groups excluding carboxylic acids is 3. The van der Waals surface area contributed by atoms with Gasteiger partial charge >= 0.3 is 0 Å². The van der Waals surface area contributed by atoms with E-state index in [0.29, 0.717) is 27.8 Å². The number of aromatic nitrogens is 1. The fourth-order valence-electron chi connectivity index (χ4n) is 4.37. The summed E-state index contributed by atoms with van der Waals surface area (Å²) < 4.78 is 0. The predicted octanol–water partition coefficient (Wildman–Crippen LogP) is 8.69. The van der Waals surface area contributed by atoms with Crippen molar-refractivity contribution in [3.8, 4) is 11.3 Å². The maximum atomic E-state index is 13.5. The zero-order valence-corrected chi connectivity index (χ0v) is 27.5. The highest BCUT2D eigenvalue weighted by atomic mass is 35.5. The Bertz CT molecular complexity index is 1860. The zero-order valence-electron chi connectivity index (χ0n) is 25.1. The number of rotatable bonds is 11. The van der Waals surface area contributed by atoms with Crippen molar-refractivity contribution in [2.24, 2.45) is 0 Å². The van der Waals surface area contributed by atoms with Crippen LogP contribution >= 0.6 is 34.7 Å². The minimum Gasteiger partial charge on any atom is -0.321 e. The fourth-order valence-corrected chi connectivity index (χ4v) is 6.24. The number of nitrogens with zero attached hydrogens (tertiary/aromatic N) is 1. The number of halogens is 1. The van der Waals surface area contributed by atoms with Crippen LogP contribution in [0.15, 0.2) is 119 Å². The van der Waals surface area contributed by atoms with Crippen LogP contribution in [0.5, 0.6) is 0 Å². The number of thiazole rings is 1. The minimum absolute atomic E-state index is 0.1000. The van der Waals surface area contributed by atoms with Crippen molar-refractivity contribution < 1.29 is 14.4 Å². The second-order valence-corrected chi connectivity index (χ2v) is 12.9. The highest BCUT2D eigenvalue weighted by Crippen LogP contribution is 2.30. The highest BCUT2D eigenvalue weighted by molar-refractivity contribution is 8.00. The van der Waals surface area contributed by atoms with Crippen LogP contribution in [-0.2, 0) is 9.59 Å². The molecule has 10 heteroatoms. The lowest BCUT2D eigenvalue weighted by atomic mass is 10.1. The summed E-state index contributed by atoms with van der Waals surface area (Å²) in [4.78, 5) is 45.0. The first-order chi connectivity index (χ1) is 22.3. The predicted molar refractivity (Wildman–Crippen MR) is 189 cm³/mol. The molecule has 3 N–H and O–H groups in total. The van der Waals surface area contributed by atoms with E-state index in [1.807, 2.05) is 79.9 Å². The second kappa shape index (κ2) is 15.5. The number of amides is 3. The van der Waals surface area contributed by atoms with Crippen molar-refractivity contribution in [1.29, 1.82) is 0 Å². The summed E-state index contributed by atoms with van der Waals surface area (Å²) in [7, 11) is 0. The Labute approximate surface area is 281 Å². The lowest BCUT2D eigenvalue weighted by Gasteiger charge is -2.15. The Balaban J connectivity index is 1.27. The van der Waals surface area contributed by atoms with Crippen molar-refractivity contribution in [3.63, 3.8) is 0 Å². The van der Waals surface area contributed by atoms with E-state index in [1.54, 1.807) is 48.5 Å². The average molecular weight is 667 g/mol. The van der Waals surface area contributed by atoms with Crippen molar-refractivity contribution >= 4 is 69.3 Å². The molecule has 1 unspecified atom stereocenters. The van der Waals surface area contributed by atoms with Gasteiger partial charge < -0.3 is 16.0 Å². The van der Waals surface area contributed by atoms with Gasteiger partial charge in [0.15, 0.2) is 5.13 Å². The number of aryl methyl sites for hydroxylation is 1. The molecule has 0 spiro atoms. The van der Waals surface area contributed by atoms with Crippen molar-refractivity contribution in [3.05, 3.63) is 136 Å². The third-order valence-corrected chi connectivity index (χ3v) is 9.19. The van der Waals surface area contributed by atoms with Crippen LogP contribution < -0.4 is 16.0 Å². The van der Waals surface area contributed by atoms with Gasteiger partial charge in [-0.2, -0.15) is 0 Å². The smallest absolute Gasteiger partial charge is 0.272 e. The minimum atomic E-state index is -0.475. The number of thioether (sulfide) groups is 1. The molecular formula is C36H31ClN4O3S2. The van der Waals surface area contributed by atoms with Gasteiger partial charge in [-0.1, -0.05) is 84.8 Å². The molecule has 0 fully saturated rings. The molecule has 0 radical (unpaired) electrons. The fraction of sp³-hybridized carbons (Fsp3) is 0.111. The first kappa shape index (κ1) is 32.7. The Hall–Kier alpha value is -4.70. The third-order valence-electron chi connectivity index (χ3n) is 6.82. The van der Waals surface area contributed by atoms with Crippen LogP contribution in [0.1, 0.15) is 34.8 Å². The van der Waals surface area contributed by atoms with E-state index < -0.39 is 17.1 Å². The van der Waals surface area contributed by atoms with Crippen LogP contribution in [0.25, 0.3) is 17.3 Å². The molecule has 3 amide bonds. The third kappa shape index (κ3) is 8.94. The normalized spacial score (nSPS) is 11.8. The summed E-state index contributed by atoms with van der Waals surface area (Å²) in [6.07, 6.45) is 2.22. The van der Waals surface area contributed by atoms with Gasteiger partial charge in [0.25, 0.3) is 11.8 Å². The number of carbonyl (C=O) groups is 3. The molecule has 1 heterocycles. The molecular weight excluding hydrogens is 636 g/mol. The average Bonchev–Trinajstić information content (AvgIpc) is 3.53. The maximum Gasteiger partial charge on any atom is 0.272 e. The number of benzene rings is 4. The molecule has 0 aliphatic heterocycles. The lowest BCUT2D eigenvalue weighted by Crippen LogP contribution is -2.30. The summed E-state index contributed by atoms with van der Waals surface area (Å²) in [5.74, 6) is -1.03. The molecule has 0 saturated carbocycles. The quantitative estimate of drug-likeness (QED) is 0.0967. The standard InChI is InChI=1S/C36H31ClN4O3S2/c1-3-32(35(44)41-36-40-31(22-45-36)25-16-18-27(37)19-17-25)46-29-11-7-10-28(21-29)38-34(43)30(20-24-14-12-23(2)13-15-24)39-33(42)26-8-5-4-6-9-26/h4-22,32H,3H2,1-2H3,(H,38,43)(H,39,42)(H,40,41,44)/b30-20-. The molecule has 5 aromatic rings. The molecule has 5 rings (SSSR count). The van der Waals surface area contributed by atoms with Crippen molar-refractivity contribution in [2.45, 2.75) is 30.4 Å². The van der Waals surface area contributed by atoms with E-state index in [4.69, 9.17) is 11.6 Å². The molecule has 0 bridgehead atoms. The first-order valence-corrected chi connectivity index (χ1v) is 16.7.